The lowest BCUT2D eigenvalue weighted by molar-refractivity contribution is -0.144. The molecule has 0 aliphatic carbocycles. The highest BCUT2D eigenvalue weighted by molar-refractivity contribution is 7.32. The van der Waals surface area contributed by atoms with Gasteiger partial charge in [0.05, 0.1) is 19.8 Å². The number of ether oxygens (including phenoxy) is 2. The zero-order chi connectivity index (χ0) is 12.4. The van der Waals surface area contributed by atoms with Crippen molar-refractivity contribution in [2.45, 2.75) is 6.92 Å². The fourth-order valence-electron chi connectivity index (χ4n) is 0.813. The molecule has 0 aromatic carbocycles. The summed E-state index contributed by atoms with van der Waals surface area (Å²) in [7, 11) is -2.67. The lowest BCUT2D eigenvalue weighted by Crippen LogP contribution is -2.24. The summed E-state index contributed by atoms with van der Waals surface area (Å²) in [6, 6.07) is 0. The minimum absolute atomic E-state index is 0.0950. The first-order chi connectivity index (χ1) is 7.56. The maximum atomic E-state index is 10.5. The SMILES string of the molecule is CC(=O)OCC(CON)COCO[P+](=O)O. The monoisotopic (exact) mass is 256 g/mol. The van der Waals surface area contributed by atoms with E-state index in [0.29, 0.717) is 0 Å². The van der Waals surface area contributed by atoms with Crippen LogP contribution in [0.2, 0.25) is 0 Å². The van der Waals surface area contributed by atoms with Crippen LogP contribution in [0.1, 0.15) is 6.92 Å². The van der Waals surface area contributed by atoms with Gasteiger partial charge in [0.15, 0.2) is 0 Å². The van der Waals surface area contributed by atoms with Crippen LogP contribution in [0, 0.1) is 5.92 Å². The standard InChI is InChI=1S/C7H14NO7P/c1-6(9)13-3-7(4-14-8)2-12-5-15-16(10)11/h7H,2-5,8H2,1H3/p+1. The van der Waals surface area contributed by atoms with Gasteiger partial charge in [0.25, 0.3) is 0 Å². The second-order valence-electron chi connectivity index (χ2n) is 2.86. The maximum Gasteiger partial charge on any atom is 0.697 e. The van der Waals surface area contributed by atoms with E-state index in [9.17, 15) is 9.36 Å². The topological polar surface area (TPSA) is 117 Å². The van der Waals surface area contributed by atoms with E-state index in [2.05, 4.69) is 9.36 Å². The Morgan fingerprint density at radius 3 is 2.62 bits per heavy atom. The number of carbonyl (C=O) groups is 1. The Labute approximate surface area is 93.5 Å². The van der Waals surface area contributed by atoms with Crippen LogP contribution in [0.25, 0.3) is 0 Å². The first kappa shape index (κ1) is 15.4. The van der Waals surface area contributed by atoms with E-state index >= 15 is 0 Å². The molecule has 0 spiro atoms. The molecule has 0 saturated carbocycles. The average molecular weight is 256 g/mol. The summed E-state index contributed by atoms with van der Waals surface area (Å²) < 4.78 is 24.0. The highest BCUT2D eigenvalue weighted by Gasteiger charge is 2.14. The van der Waals surface area contributed by atoms with Crippen LogP contribution in [0.5, 0.6) is 0 Å². The van der Waals surface area contributed by atoms with Gasteiger partial charge in [0, 0.05) is 17.4 Å². The van der Waals surface area contributed by atoms with E-state index in [1.807, 2.05) is 0 Å². The molecule has 0 bridgehead atoms. The molecule has 2 atom stereocenters. The number of esters is 1. The summed E-state index contributed by atoms with van der Waals surface area (Å²) in [6.45, 7) is 1.32. The molecule has 94 valence electrons. The summed E-state index contributed by atoms with van der Waals surface area (Å²) in [5, 5.41) is 0. The van der Waals surface area contributed by atoms with E-state index in [1.165, 1.54) is 6.92 Å². The van der Waals surface area contributed by atoms with Crippen LogP contribution in [0.4, 0.5) is 0 Å². The van der Waals surface area contributed by atoms with Gasteiger partial charge >= 0.3 is 14.2 Å². The number of rotatable bonds is 9. The minimum Gasteiger partial charge on any atom is -0.465 e. The Morgan fingerprint density at radius 2 is 2.12 bits per heavy atom. The van der Waals surface area contributed by atoms with Gasteiger partial charge < -0.3 is 14.3 Å². The molecule has 0 aromatic heterocycles. The zero-order valence-corrected chi connectivity index (χ0v) is 9.72. The van der Waals surface area contributed by atoms with Crippen molar-refractivity contribution in [1.29, 1.82) is 0 Å². The molecule has 0 fully saturated rings. The summed E-state index contributed by atoms with van der Waals surface area (Å²) >= 11 is 0. The fourth-order valence-corrected chi connectivity index (χ4v) is 0.977. The molecule has 8 nitrogen and oxygen atoms in total. The molecule has 0 rings (SSSR count). The Morgan fingerprint density at radius 1 is 1.44 bits per heavy atom. The first-order valence-corrected chi connectivity index (χ1v) is 5.51. The van der Waals surface area contributed by atoms with Crippen molar-refractivity contribution in [3.63, 3.8) is 0 Å². The van der Waals surface area contributed by atoms with Crippen LogP contribution in [-0.4, -0.2) is 37.5 Å². The zero-order valence-electron chi connectivity index (χ0n) is 8.83. The molecule has 0 aromatic rings. The Balaban J connectivity index is 3.66. The molecule has 3 N–H and O–H groups in total. The van der Waals surface area contributed by atoms with Gasteiger partial charge in [-0.1, -0.05) is 4.52 Å². The summed E-state index contributed by atoms with van der Waals surface area (Å²) in [5.41, 5.74) is 0. The summed E-state index contributed by atoms with van der Waals surface area (Å²) in [6.07, 6.45) is 0. The van der Waals surface area contributed by atoms with Crippen molar-refractivity contribution in [1.82, 2.24) is 0 Å². The molecule has 0 radical (unpaired) electrons. The van der Waals surface area contributed by atoms with E-state index in [1.54, 1.807) is 0 Å². The van der Waals surface area contributed by atoms with Gasteiger partial charge in [0.2, 0.25) is 6.79 Å². The minimum atomic E-state index is -2.67. The lowest BCUT2D eigenvalue weighted by Gasteiger charge is -2.14. The summed E-state index contributed by atoms with van der Waals surface area (Å²) in [4.78, 5) is 23.2. The van der Waals surface area contributed by atoms with E-state index in [0.717, 1.165) is 0 Å². The molecule has 9 heteroatoms. The number of hydrogen-bond donors (Lipinski definition) is 2. The van der Waals surface area contributed by atoms with Crippen LogP contribution in [-0.2, 0) is 28.2 Å². The normalized spacial score (nSPS) is 13.3. The molecule has 2 unspecified atom stereocenters. The third-order valence-corrected chi connectivity index (χ3v) is 1.78. The predicted molar refractivity (Wildman–Crippen MR) is 52.0 cm³/mol. The highest BCUT2D eigenvalue weighted by Crippen LogP contribution is 2.13. The molecule has 0 saturated heterocycles. The van der Waals surface area contributed by atoms with E-state index in [-0.39, 0.29) is 32.5 Å². The number of nitrogens with two attached hydrogens (primary N) is 1. The molecule has 16 heavy (non-hydrogen) atoms. The Hall–Kier alpha value is -0.630. The number of carbonyl (C=O) groups excluding carboxylic acids is 1. The van der Waals surface area contributed by atoms with Crippen molar-refractivity contribution in [2.75, 3.05) is 26.6 Å². The third-order valence-electron chi connectivity index (χ3n) is 1.45. The first-order valence-electron chi connectivity index (χ1n) is 4.38. The van der Waals surface area contributed by atoms with Crippen LogP contribution in [0.3, 0.4) is 0 Å². The van der Waals surface area contributed by atoms with Crippen LogP contribution < -0.4 is 5.90 Å². The molecule has 0 heterocycles. The van der Waals surface area contributed by atoms with Crippen molar-refractivity contribution in [3.05, 3.63) is 0 Å². The largest absolute Gasteiger partial charge is 0.697 e. The van der Waals surface area contributed by atoms with Gasteiger partial charge in [-0.05, 0) is 0 Å². The van der Waals surface area contributed by atoms with Gasteiger partial charge in [0.1, 0.15) is 0 Å². The number of hydrogen-bond acceptors (Lipinski definition) is 7. The Bertz CT molecular complexity index is 225. The van der Waals surface area contributed by atoms with Crippen LogP contribution in [0.15, 0.2) is 0 Å². The van der Waals surface area contributed by atoms with Crippen molar-refractivity contribution in [3.8, 4) is 0 Å². The fraction of sp³-hybridized carbons (Fsp3) is 0.857. The van der Waals surface area contributed by atoms with Gasteiger partial charge in [-0.2, -0.15) is 0 Å². The van der Waals surface area contributed by atoms with E-state index < -0.39 is 14.2 Å². The third kappa shape index (κ3) is 9.91. The maximum absolute atomic E-state index is 10.5. The van der Waals surface area contributed by atoms with Crippen molar-refractivity contribution >= 4 is 14.2 Å². The van der Waals surface area contributed by atoms with Gasteiger partial charge in [-0.3, -0.25) is 4.79 Å². The second-order valence-corrected chi connectivity index (χ2v) is 3.59. The molecular weight excluding hydrogens is 241 g/mol. The average Bonchev–Trinajstić information content (AvgIpc) is 2.20. The Kier molecular flexibility index (Phi) is 9.21. The highest BCUT2D eigenvalue weighted by atomic mass is 31.1. The molecule has 0 aliphatic rings. The second kappa shape index (κ2) is 9.59. The summed E-state index contributed by atoms with van der Waals surface area (Å²) in [5.74, 6) is 4.20. The molecule has 0 aliphatic heterocycles. The van der Waals surface area contributed by atoms with Crippen LogP contribution >= 0.6 is 8.25 Å². The van der Waals surface area contributed by atoms with Gasteiger partial charge in [-0.25, -0.2) is 5.90 Å². The van der Waals surface area contributed by atoms with E-state index in [4.69, 9.17) is 20.3 Å². The van der Waals surface area contributed by atoms with Crippen molar-refractivity contribution < 1.29 is 33.1 Å². The van der Waals surface area contributed by atoms with Gasteiger partial charge in [-0.15, -0.1) is 4.89 Å². The van der Waals surface area contributed by atoms with Crippen molar-refractivity contribution in [2.24, 2.45) is 11.8 Å². The quantitative estimate of drug-likeness (QED) is 0.190. The molecular formula is C7H15NO7P+. The molecule has 0 amide bonds. The lowest BCUT2D eigenvalue weighted by atomic mass is 10.2. The predicted octanol–water partition coefficient (Wildman–Crippen LogP) is -0.304. The smallest absolute Gasteiger partial charge is 0.465 e.